The highest BCUT2D eigenvalue weighted by molar-refractivity contribution is 6.33. The summed E-state index contributed by atoms with van der Waals surface area (Å²) in [5, 5.41) is 8.77. The molecule has 5 nitrogen and oxygen atoms in total. The lowest BCUT2D eigenvalue weighted by Gasteiger charge is -1.97. The van der Waals surface area contributed by atoms with Gasteiger partial charge in [-0.25, -0.2) is 9.50 Å². The van der Waals surface area contributed by atoms with Crippen LogP contribution in [0.3, 0.4) is 0 Å². The van der Waals surface area contributed by atoms with Crippen LogP contribution in [-0.4, -0.2) is 24.4 Å². The van der Waals surface area contributed by atoms with Gasteiger partial charge in [0, 0.05) is 36.8 Å². The Labute approximate surface area is 96.3 Å². The molecule has 0 bridgehead atoms. The molecule has 80 valence electrons. The number of rotatable bonds is 1. The summed E-state index contributed by atoms with van der Waals surface area (Å²) in [6.07, 6.45) is 8.93. The van der Waals surface area contributed by atoms with E-state index in [-0.39, 0.29) is 0 Å². The second-order valence-corrected chi connectivity index (χ2v) is 3.91. The van der Waals surface area contributed by atoms with Crippen LogP contribution >= 0.6 is 11.6 Å². The zero-order chi connectivity index (χ0) is 11.1. The number of hydrogen-bond acceptors (Lipinski definition) is 3. The molecule has 0 aliphatic heterocycles. The summed E-state index contributed by atoms with van der Waals surface area (Å²) in [6, 6.07) is 0. The van der Waals surface area contributed by atoms with Gasteiger partial charge in [0.2, 0.25) is 0 Å². The Balaban J connectivity index is 2.18. The molecule has 0 radical (unpaired) electrons. The van der Waals surface area contributed by atoms with Crippen molar-refractivity contribution < 1.29 is 0 Å². The molecule has 0 amide bonds. The van der Waals surface area contributed by atoms with E-state index in [1.807, 2.05) is 19.4 Å². The minimum Gasteiger partial charge on any atom is -0.275 e. The van der Waals surface area contributed by atoms with Gasteiger partial charge in [0.15, 0.2) is 5.65 Å². The smallest absolute Gasteiger partial charge is 0.173 e. The molecule has 0 aliphatic rings. The molecule has 0 aromatic carbocycles. The molecule has 3 heterocycles. The summed E-state index contributed by atoms with van der Waals surface area (Å²) in [6.45, 7) is 0. The highest BCUT2D eigenvalue weighted by Gasteiger charge is 2.06. The fraction of sp³-hybridized carbons (Fsp3) is 0.100. The summed E-state index contributed by atoms with van der Waals surface area (Å²) < 4.78 is 3.40. The van der Waals surface area contributed by atoms with Crippen molar-refractivity contribution in [2.75, 3.05) is 0 Å². The van der Waals surface area contributed by atoms with Crippen LogP contribution in [0.2, 0.25) is 5.02 Å². The standard InChI is InChI=1S/C10H8ClN5/c1-15-5-8(3-13-15)7-2-12-10-9(11)4-14-16(10)6-7/h2-6H,1H3. The van der Waals surface area contributed by atoms with Gasteiger partial charge in [-0.1, -0.05) is 11.6 Å². The maximum atomic E-state index is 5.91. The average molecular weight is 234 g/mol. The predicted octanol–water partition coefficient (Wildman–Crippen LogP) is 1.78. The first-order valence-corrected chi connectivity index (χ1v) is 5.10. The van der Waals surface area contributed by atoms with E-state index in [2.05, 4.69) is 15.2 Å². The van der Waals surface area contributed by atoms with E-state index in [4.69, 9.17) is 11.6 Å². The van der Waals surface area contributed by atoms with E-state index in [0.29, 0.717) is 10.7 Å². The minimum absolute atomic E-state index is 0.553. The first kappa shape index (κ1) is 9.35. The van der Waals surface area contributed by atoms with Crippen LogP contribution in [0.15, 0.2) is 31.0 Å². The fourth-order valence-corrected chi connectivity index (χ4v) is 1.74. The third-order valence-electron chi connectivity index (χ3n) is 2.35. The molecule has 3 aromatic heterocycles. The normalized spacial score (nSPS) is 11.1. The highest BCUT2D eigenvalue weighted by Crippen LogP contribution is 2.20. The lowest BCUT2D eigenvalue weighted by Crippen LogP contribution is -1.90. The molecule has 0 fully saturated rings. The summed E-state index contributed by atoms with van der Waals surface area (Å²) in [5.74, 6) is 0. The van der Waals surface area contributed by atoms with Crippen molar-refractivity contribution >= 4 is 17.2 Å². The number of nitrogens with zero attached hydrogens (tertiary/aromatic N) is 5. The highest BCUT2D eigenvalue weighted by atomic mass is 35.5. The number of aromatic nitrogens is 5. The van der Waals surface area contributed by atoms with Crippen molar-refractivity contribution in [3.63, 3.8) is 0 Å². The van der Waals surface area contributed by atoms with E-state index in [1.165, 1.54) is 0 Å². The van der Waals surface area contributed by atoms with Gasteiger partial charge in [0.25, 0.3) is 0 Å². The van der Waals surface area contributed by atoms with Crippen molar-refractivity contribution in [1.82, 2.24) is 24.4 Å². The largest absolute Gasteiger partial charge is 0.275 e. The van der Waals surface area contributed by atoms with Gasteiger partial charge in [0.1, 0.15) is 5.02 Å². The molecule has 0 N–H and O–H groups in total. The molecular formula is C10H8ClN5. The van der Waals surface area contributed by atoms with Gasteiger partial charge in [-0.05, 0) is 0 Å². The van der Waals surface area contributed by atoms with Crippen molar-refractivity contribution in [2.45, 2.75) is 0 Å². The van der Waals surface area contributed by atoms with Crippen molar-refractivity contribution in [3.8, 4) is 11.1 Å². The Kier molecular flexibility index (Phi) is 1.94. The molecule has 0 saturated heterocycles. The first-order valence-electron chi connectivity index (χ1n) is 4.72. The van der Waals surface area contributed by atoms with E-state index in [9.17, 15) is 0 Å². The Morgan fingerprint density at radius 3 is 2.62 bits per heavy atom. The summed E-state index contributed by atoms with van der Waals surface area (Å²) in [4.78, 5) is 4.26. The maximum Gasteiger partial charge on any atom is 0.173 e. The van der Waals surface area contributed by atoms with Crippen LogP contribution in [0.1, 0.15) is 0 Å². The van der Waals surface area contributed by atoms with Gasteiger partial charge in [-0.2, -0.15) is 10.2 Å². The zero-order valence-corrected chi connectivity index (χ0v) is 9.26. The quantitative estimate of drug-likeness (QED) is 0.644. The van der Waals surface area contributed by atoms with E-state index in [0.717, 1.165) is 11.1 Å². The van der Waals surface area contributed by atoms with Crippen LogP contribution in [0.25, 0.3) is 16.8 Å². The van der Waals surface area contributed by atoms with Crippen LogP contribution in [0, 0.1) is 0 Å². The molecule has 0 atom stereocenters. The molecular weight excluding hydrogens is 226 g/mol. The lowest BCUT2D eigenvalue weighted by molar-refractivity contribution is 0.768. The van der Waals surface area contributed by atoms with Crippen LogP contribution < -0.4 is 0 Å². The van der Waals surface area contributed by atoms with E-state index >= 15 is 0 Å². The van der Waals surface area contributed by atoms with Crippen LogP contribution in [0.4, 0.5) is 0 Å². The van der Waals surface area contributed by atoms with Gasteiger partial charge in [-0.3, -0.25) is 4.68 Å². The summed E-state index contributed by atoms with van der Waals surface area (Å²) in [5.41, 5.74) is 2.62. The average Bonchev–Trinajstić information content (AvgIpc) is 2.86. The minimum atomic E-state index is 0.553. The second kappa shape index (κ2) is 3.31. The molecule has 6 heteroatoms. The third kappa shape index (κ3) is 1.37. The van der Waals surface area contributed by atoms with Gasteiger partial charge in [0.05, 0.1) is 12.4 Å². The molecule has 0 saturated carbocycles. The Morgan fingerprint density at radius 1 is 1.06 bits per heavy atom. The molecule has 16 heavy (non-hydrogen) atoms. The first-order chi connectivity index (χ1) is 7.74. The maximum absolute atomic E-state index is 5.91. The van der Waals surface area contributed by atoms with Gasteiger partial charge >= 0.3 is 0 Å². The summed E-state index contributed by atoms with van der Waals surface area (Å²) >= 11 is 5.91. The second-order valence-electron chi connectivity index (χ2n) is 3.51. The molecule has 0 unspecified atom stereocenters. The predicted molar refractivity (Wildman–Crippen MR) is 60.2 cm³/mol. The SMILES string of the molecule is Cn1cc(-c2cnc3c(Cl)cnn3c2)cn1. The molecule has 3 rings (SSSR count). The van der Waals surface area contributed by atoms with Gasteiger partial charge in [-0.15, -0.1) is 0 Å². The van der Waals surface area contributed by atoms with Crippen LogP contribution in [-0.2, 0) is 7.05 Å². The molecule has 0 aliphatic carbocycles. The number of aryl methyl sites for hydroxylation is 1. The van der Waals surface area contributed by atoms with E-state index in [1.54, 1.807) is 27.8 Å². The van der Waals surface area contributed by atoms with Gasteiger partial charge < -0.3 is 0 Å². The lowest BCUT2D eigenvalue weighted by atomic mass is 10.2. The van der Waals surface area contributed by atoms with E-state index < -0.39 is 0 Å². The monoisotopic (exact) mass is 233 g/mol. The third-order valence-corrected chi connectivity index (χ3v) is 2.62. The summed E-state index contributed by atoms with van der Waals surface area (Å²) in [7, 11) is 1.88. The van der Waals surface area contributed by atoms with Crippen LogP contribution in [0.5, 0.6) is 0 Å². The molecule has 0 spiro atoms. The molecule has 3 aromatic rings. The number of hydrogen-bond donors (Lipinski definition) is 0. The zero-order valence-electron chi connectivity index (χ0n) is 8.50. The Bertz CT molecular complexity index is 654. The van der Waals surface area contributed by atoms with Crippen molar-refractivity contribution in [2.24, 2.45) is 7.05 Å². The Hall–Kier alpha value is -1.88. The topological polar surface area (TPSA) is 48.0 Å². The number of fused-ring (bicyclic) bond motifs is 1. The van der Waals surface area contributed by atoms with Crippen molar-refractivity contribution in [1.29, 1.82) is 0 Å². The fourth-order valence-electron chi connectivity index (χ4n) is 1.57. The van der Waals surface area contributed by atoms with Crippen molar-refractivity contribution in [3.05, 3.63) is 36.0 Å². The Morgan fingerprint density at radius 2 is 1.88 bits per heavy atom. The number of halogens is 1.